The van der Waals surface area contributed by atoms with Crippen molar-refractivity contribution in [1.29, 1.82) is 0 Å². The Labute approximate surface area is 305 Å². The Morgan fingerprint density at radius 3 is 2.08 bits per heavy atom. The summed E-state index contributed by atoms with van der Waals surface area (Å²) in [6.45, 7) is 3.80. The second kappa shape index (κ2) is 17.7. The van der Waals surface area contributed by atoms with Crippen molar-refractivity contribution >= 4 is 64.5 Å². The number of halogens is 2. The van der Waals surface area contributed by atoms with Gasteiger partial charge in [-0.2, -0.15) is 0 Å². The maximum atomic E-state index is 12.9. The Kier molecular flexibility index (Phi) is 14.2. The average molecular weight is 752 g/mol. The first-order chi connectivity index (χ1) is 24.0. The average Bonchev–Trinajstić information content (AvgIpc) is 3.07. The monoisotopic (exact) mass is 750 g/mol. The molecule has 14 nitrogen and oxygen atoms in total. The maximum absolute atomic E-state index is 12.9. The Morgan fingerprint density at radius 1 is 0.961 bits per heavy atom. The number of amides is 3. The minimum absolute atomic E-state index is 0.0122. The second-order valence-corrected chi connectivity index (χ2v) is 13.5. The van der Waals surface area contributed by atoms with Crippen LogP contribution < -0.4 is 16.0 Å². The molecule has 0 spiro atoms. The van der Waals surface area contributed by atoms with Crippen LogP contribution in [0.2, 0.25) is 10.0 Å². The number of hydrogen-bond acceptors (Lipinski definition) is 8. The van der Waals surface area contributed by atoms with Crippen molar-refractivity contribution in [1.82, 2.24) is 10.2 Å². The highest BCUT2D eigenvalue weighted by Crippen LogP contribution is 2.38. The van der Waals surface area contributed by atoms with Crippen LogP contribution in [0.25, 0.3) is 0 Å². The van der Waals surface area contributed by atoms with Crippen molar-refractivity contribution in [3.63, 3.8) is 0 Å². The van der Waals surface area contributed by atoms with Crippen LogP contribution in [0.15, 0.2) is 36.4 Å². The summed E-state index contributed by atoms with van der Waals surface area (Å²) in [5, 5.41) is 37.6. The molecule has 1 atom stereocenters. The lowest BCUT2D eigenvalue weighted by molar-refractivity contribution is -0.170. The van der Waals surface area contributed by atoms with Crippen LogP contribution in [0.5, 0.6) is 0 Å². The van der Waals surface area contributed by atoms with Crippen LogP contribution in [-0.4, -0.2) is 98.8 Å². The van der Waals surface area contributed by atoms with Gasteiger partial charge in [0.15, 0.2) is 5.60 Å². The molecule has 278 valence electrons. The molecule has 2 saturated heterocycles. The van der Waals surface area contributed by atoms with E-state index < -0.39 is 47.8 Å². The smallest absolute Gasteiger partial charge is 0.336 e. The summed E-state index contributed by atoms with van der Waals surface area (Å²) in [6.07, 6.45) is 2.31. The molecule has 2 aromatic rings. The van der Waals surface area contributed by atoms with Crippen LogP contribution in [0, 0.1) is 0 Å². The van der Waals surface area contributed by atoms with Gasteiger partial charge in [0.2, 0.25) is 11.8 Å². The number of aliphatic carboxylic acids is 3. The lowest BCUT2D eigenvalue weighted by Crippen LogP contribution is -2.64. The van der Waals surface area contributed by atoms with E-state index in [2.05, 4.69) is 17.1 Å². The molecule has 0 saturated carbocycles. The number of aliphatic hydroxyl groups is 1. The number of primary amides is 1. The van der Waals surface area contributed by atoms with E-state index in [-0.39, 0.29) is 17.7 Å². The number of hydrogen-bond donors (Lipinski definition) is 6. The van der Waals surface area contributed by atoms with Gasteiger partial charge in [-0.25, -0.2) is 4.79 Å². The second-order valence-electron chi connectivity index (χ2n) is 12.7. The lowest BCUT2D eigenvalue weighted by Gasteiger charge is -2.48. The van der Waals surface area contributed by atoms with Gasteiger partial charge in [-0.1, -0.05) is 42.3 Å². The fraction of sp³-hybridized carbons (Fsp3) is 0.486. The summed E-state index contributed by atoms with van der Waals surface area (Å²) in [4.78, 5) is 72.9. The van der Waals surface area contributed by atoms with Crippen molar-refractivity contribution in [2.45, 2.75) is 81.8 Å². The molecule has 4 rings (SSSR count). The van der Waals surface area contributed by atoms with Crippen molar-refractivity contribution in [3.05, 3.63) is 63.1 Å². The molecular formula is C35H44Cl2N4O10. The third kappa shape index (κ3) is 9.89. The Balaban J connectivity index is 0.000000460. The number of likely N-dealkylation sites (tertiary alicyclic amines) is 1. The molecule has 16 heteroatoms. The molecule has 0 radical (unpaired) electrons. The molecule has 7 N–H and O–H groups in total. The Bertz CT molecular complexity index is 1630. The van der Waals surface area contributed by atoms with Gasteiger partial charge < -0.3 is 41.3 Å². The summed E-state index contributed by atoms with van der Waals surface area (Å²) in [7, 11) is 1.63. The third-order valence-corrected chi connectivity index (χ3v) is 10.2. The van der Waals surface area contributed by atoms with E-state index in [0.29, 0.717) is 60.9 Å². The minimum atomic E-state index is -2.74. The fourth-order valence-corrected chi connectivity index (χ4v) is 6.99. The van der Waals surface area contributed by atoms with Crippen molar-refractivity contribution in [2.24, 2.45) is 5.73 Å². The first kappa shape index (κ1) is 41.0. The van der Waals surface area contributed by atoms with Crippen LogP contribution >= 0.6 is 23.2 Å². The number of nitrogens with one attached hydrogen (secondary N) is 1. The number of piperidine rings is 2. The molecule has 3 amide bonds. The zero-order chi connectivity index (χ0) is 38.1. The first-order valence-corrected chi connectivity index (χ1v) is 17.3. The predicted molar refractivity (Wildman–Crippen MR) is 189 cm³/mol. The van der Waals surface area contributed by atoms with Gasteiger partial charge in [0, 0.05) is 44.4 Å². The molecule has 2 aliphatic rings. The normalized spacial score (nSPS) is 16.4. The largest absolute Gasteiger partial charge is 0.481 e. The number of rotatable bonds is 13. The zero-order valence-corrected chi connectivity index (χ0v) is 30.0. The van der Waals surface area contributed by atoms with Crippen LogP contribution in [0.3, 0.4) is 0 Å². The number of carbonyl (C=O) groups excluding carboxylic acids is 3. The highest BCUT2D eigenvalue weighted by molar-refractivity contribution is 6.42. The van der Waals surface area contributed by atoms with Crippen molar-refractivity contribution < 1.29 is 49.2 Å². The first-order valence-electron chi connectivity index (χ1n) is 16.5. The molecule has 0 aliphatic carbocycles. The molecule has 51 heavy (non-hydrogen) atoms. The summed E-state index contributed by atoms with van der Waals surface area (Å²) in [6, 6.07) is 11.5. The van der Waals surface area contributed by atoms with E-state index >= 15 is 0 Å². The van der Waals surface area contributed by atoms with Gasteiger partial charge in [-0.3, -0.25) is 24.0 Å². The number of nitrogens with two attached hydrogens (primary N) is 1. The molecular weight excluding hydrogens is 707 g/mol. The van der Waals surface area contributed by atoms with E-state index in [1.807, 2.05) is 36.4 Å². The van der Waals surface area contributed by atoms with Crippen LogP contribution in [-0.2, 0) is 30.4 Å². The van der Waals surface area contributed by atoms with Gasteiger partial charge in [-0.05, 0) is 79.8 Å². The summed E-state index contributed by atoms with van der Waals surface area (Å²) in [5.74, 6) is -5.46. The quantitative estimate of drug-likeness (QED) is 0.173. The van der Waals surface area contributed by atoms with E-state index in [1.165, 1.54) is 0 Å². The molecule has 2 aliphatic heterocycles. The highest BCUT2D eigenvalue weighted by Gasteiger charge is 2.48. The Hall–Kier alpha value is -4.40. The number of carboxylic acid groups (broad SMARTS) is 3. The van der Waals surface area contributed by atoms with E-state index in [4.69, 9.17) is 49.4 Å². The molecule has 0 bridgehead atoms. The highest BCUT2D eigenvalue weighted by atomic mass is 35.5. The van der Waals surface area contributed by atoms with Gasteiger partial charge in [0.1, 0.15) is 5.54 Å². The van der Waals surface area contributed by atoms with E-state index in [1.54, 1.807) is 11.9 Å². The van der Waals surface area contributed by atoms with E-state index in [0.717, 1.165) is 36.1 Å². The predicted octanol–water partition coefficient (Wildman–Crippen LogP) is 3.68. The van der Waals surface area contributed by atoms with Gasteiger partial charge in [-0.15, -0.1) is 0 Å². The van der Waals surface area contributed by atoms with Gasteiger partial charge >= 0.3 is 17.9 Å². The van der Waals surface area contributed by atoms with Gasteiger partial charge in [0.05, 0.1) is 22.9 Å². The van der Waals surface area contributed by atoms with Crippen molar-refractivity contribution in [3.8, 4) is 0 Å². The summed E-state index contributed by atoms with van der Waals surface area (Å²) in [5.41, 5.74) is 5.85. The number of benzene rings is 2. The number of anilines is 1. The summed E-state index contributed by atoms with van der Waals surface area (Å²) >= 11 is 12.5. The molecule has 1 unspecified atom stereocenters. The number of nitrogens with zero attached hydrogens (tertiary/aromatic N) is 2. The number of carbonyl (C=O) groups is 6. The standard InChI is InChI=1S/C29H36Cl2N4O3.C6H8O7/c1-3-19(20-10-11-23(30)24(31)18-20)17-22-21(27(37)33-2)7-6-8-25(22)34-15-12-29(13-16-34,28(32)38)35-14-5-4-9-26(35)36;7-3(8)1-6(13,5(11)12)2-4(9)10/h6-8,10-11,18-19H,3-5,9,12-17H2,1-2H3,(H2,32,38)(H,33,37);13H,1-2H2,(H,7,8)(H,9,10)(H,11,12). The Morgan fingerprint density at radius 2 is 1.59 bits per heavy atom. The third-order valence-electron chi connectivity index (χ3n) is 9.50. The van der Waals surface area contributed by atoms with E-state index in [9.17, 15) is 28.8 Å². The van der Waals surface area contributed by atoms with Crippen LogP contribution in [0.4, 0.5) is 5.69 Å². The molecule has 0 aromatic heterocycles. The van der Waals surface area contributed by atoms with Crippen LogP contribution in [0.1, 0.15) is 85.7 Å². The molecule has 2 aromatic carbocycles. The maximum Gasteiger partial charge on any atom is 0.336 e. The molecule has 2 fully saturated rings. The van der Waals surface area contributed by atoms with Crippen molar-refractivity contribution in [2.75, 3.05) is 31.6 Å². The topological polar surface area (TPSA) is 228 Å². The van der Waals surface area contributed by atoms with Gasteiger partial charge in [0.25, 0.3) is 5.91 Å². The molecule has 2 heterocycles. The lowest BCUT2D eigenvalue weighted by atomic mass is 9.82. The zero-order valence-electron chi connectivity index (χ0n) is 28.5. The SMILES string of the molecule is CCC(Cc1c(C(=O)NC)cccc1N1CCC(C(N)=O)(N2CCCCC2=O)CC1)c1ccc(Cl)c(Cl)c1.O=C(O)CC(O)(CC(=O)O)C(=O)O. The minimum Gasteiger partial charge on any atom is -0.481 e. The summed E-state index contributed by atoms with van der Waals surface area (Å²) < 4.78 is 0. The number of carboxylic acids is 3. The fourth-order valence-electron chi connectivity index (χ4n) is 6.68.